The molecule has 1 atom stereocenters. The molecule has 2 N–H and O–H groups in total. The van der Waals surface area contributed by atoms with Crippen LogP contribution in [0.2, 0.25) is 0 Å². The third kappa shape index (κ3) is 4.40. The lowest BCUT2D eigenvalue weighted by molar-refractivity contribution is -0.123. The summed E-state index contributed by atoms with van der Waals surface area (Å²) in [5.41, 5.74) is 2.28. The molecule has 1 aliphatic heterocycles. The van der Waals surface area contributed by atoms with Gasteiger partial charge in [0, 0.05) is 31.7 Å². The Morgan fingerprint density at radius 1 is 1.50 bits per heavy atom. The SMILES string of the molecule is CCN(CCNC(=O)C1CC(F)(F)CN1)c1cccc(C)c1. The van der Waals surface area contributed by atoms with Crippen LogP contribution in [0.15, 0.2) is 24.3 Å². The molecule has 0 saturated carbocycles. The van der Waals surface area contributed by atoms with Crippen LogP contribution in [-0.4, -0.2) is 44.1 Å². The highest BCUT2D eigenvalue weighted by Gasteiger charge is 2.42. The van der Waals surface area contributed by atoms with Crippen LogP contribution in [0.4, 0.5) is 14.5 Å². The van der Waals surface area contributed by atoms with Gasteiger partial charge in [0.25, 0.3) is 5.92 Å². The second-order valence-electron chi connectivity index (χ2n) is 5.70. The summed E-state index contributed by atoms with van der Waals surface area (Å²) in [6.45, 7) is 5.56. The van der Waals surface area contributed by atoms with Crippen LogP contribution in [0.3, 0.4) is 0 Å². The fraction of sp³-hybridized carbons (Fsp3) is 0.562. The molecule has 22 heavy (non-hydrogen) atoms. The zero-order chi connectivity index (χ0) is 16.2. The van der Waals surface area contributed by atoms with Crippen molar-refractivity contribution < 1.29 is 13.6 Å². The van der Waals surface area contributed by atoms with Crippen LogP contribution in [0.25, 0.3) is 0 Å². The van der Waals surface area contributed by atoms with Crippen molar-refractivity contribution in [3.8, 4) is 0 Å². The average molecular weight is 311 g/mol. The van der Waals surface area contributed by atoms with Crippen molar-refractivity contribution in [3.63, 3.8) is 0 Å². The first-order valence-corrected chi connectivity index (χ1v) is 7.62. The van der Waals surface area contributed by atoms with Crippen molar-refractivity contribution in [2.24, 2.45) is 0 Å². The summed E-state index contributed by atoms with van der Waals surface area (Å²) in [6.07, 6.45) is -0.422. The summed E-state index contributed by atoms with van der Waals surface area (Å²) in [4.78, 5) is 14.0. The largest absolute Gasteiger partial charge is 0.370 e. The molecule has 122 valence electrons. The maximum absolute atomic E-state index is 13.1. The van der Waals surface area contributed by atoms with Gasteiger partial charge in [-0.25, -0.2) is 8.78 Å². The molecule has 2 rings (SSSR count). The van der Waals surface area contributed by atoms with Crippen LogP contribution >= 0.6 is 0 Å². The molecule has 0 aliphatic carbocycles. The van der Waals surface area contributed by atoms with E-state index < -0.39 is 24.9 Å². The van der Waals surface area contributed by atoms with Gasteiger partial charge in [-0.3, -0.25) is 10.1 Å². The highest BCUT2D eigenvalue weighted by atomic mass is 19.3. The molecular weight excluding hydrogens is 288 g/mol. The van der Waals surface area contributed by atoms with Crippen molar-refractivity contribution in [2.75, 3.05) is 31.1 Å². The molecule has 0 spiro atoms. The number of anilines is 1. The number of hydrogen-bond donors (Lipinski definition) is 2. The second-order valence-corrected chi connectivity index (χ2v) is 5.70. The summed E-state index contributed by atoms with van der Waals surface area (Å²) >= 11 is 0. The Bertz CT molecular complexity index is 522. The minimum Gasteiger partial charge on any atom is -0.370 e. The first-order chi connectivity index (χ1) is 10.4. The molecule has 1 fully saturated rings. The standard InChI is InChI=1S/C16H23F2N3O/c1-3-21(13-6-4-5-12(2)9-13)8-7-19-15(22)14-10-16(17,18)11-20-14/h4-6,9,14,20H,3,7-8,10-11H2,1-2H3,(H,19,22). The lowest BCUT2D eigenvalue weighted by atomic mass is 10.2. The predicted octanol–water partition coefficient (Wildman–Crippen LogP) is 1.93. The Balaban J connectivity index is 1.81. The summed E-state index contributed by atoms with van der Waals surface area (Å²) in [5.74, 6) is -3.13. The zero-order valence-electron chi connectivity index (χ0n) is 13.0. The van der Waals surface area contributed by atoms with Gasteiger partial charge in [0.15, 0.2) is 0 Å². The van der Waals surface area contributed by atoms with Gasteiger partial charge in [-0.05, 0) is 31.5 Å². The molecule has 1 aromatic rings. The second kappa shape index (κ2) is 7.05. The molecule has 1 saturated heterocycles. The predicted molar refractivity (Wildman–Crippen MR) is 83.4 cm³/mol. The van der Waals surface area contributed by atoms with E-state index in [1.165, 1.54) is 5.56 Å². The van der Waals surface area contributed by atoms with Gasteiger partial charge in [0.2, 0.25) is 5.91 Å². The smallest absolute Gasteiger partial charge is 0.262 e. The number of hydrogen-bond acceptors (Lipinski definition) is 3. The number of nitrogens with zero attached hydrogens (tertiary/aromatic N) is 1. The monoisotopic (exact) mass is 311 g/mol. The van der Waals surface area contributed by atoms with Gasteiger partial charge in [-0.15, -0.1) is 0 Å². The number of aryl methyl sites for hydroxylation is 1. The Morgan fingerprint density at radius 3 is 2.86 bits per heavy atom. The van der Waals surface area contributed by atoms with Gasteiger partial charge >= 0.3 is 0 Å². The highest BCUT2D eigenvalue weighted by molar-refractivity contribution is 5.82. The maximum Gasteiger partial charge on any atom is 0.262 e. The molecule has 1 unspecified atom stereocenters. The van der Waals surface area contributed by atoms with Gasteiger partial charge in [0.1, 0.15) is 0 Å². The highest BCUT2D eigenvalue weighted by Crippen LogP contribution is 2.25. The molecule has 0 aromatic heterocycles. The maximum atomic E-state index is 13.1. The number of likely N-dealkylation sites (N-methyl/N-ethyl adjacent to an activating group) is 1. The quantitative estimate of drug-likeness (QED) is 0.844. The van der Waals surface area contributed by atoms with E-state index in [0.717, 1.165) is 12.2 Å². The van der Waals surface area contributed by atoms with Crippen LogP contribution in [0.5, 0.6) is 0 Å². The minimum absolute atomic E-state index is 0.350. The first kappa shape index (κ1) is 16.7. The number of amides is 1. The Kier molecular flexibility index (Phi) is 5.34. The van der Waals surface area contributed by atoms with Gasteiger partial charge in [-0.2, -0.15) is 0 Å². The van der Waals surface area contributed by atoms with Crippen LogP contribution < -0.4 is 15.5 Å². The number of alkyl halides is 2. The van der Waals surface area contributed by atoms with Crippen molar-refractivity contribution in [2.45, 2.75) is 32.2 Å². The van der Waals surface area contributed by atoms with Crippen molar-refractivity contribution in [1.29, 1.82) is 0 Å². The molecule has 0 radical (unpaired) electrons. The van der Waals surface area contributed by atoms with Crippen molar-refractivity contribution >= 4 is 11.6 Å². The minimum atomic E-state index is -2.78. The van der Waals surface area contributed by atoms with Gasteiger partial charge in [-0.1, -0.05) is 12.1 Å². The van der Waals surface area contributed by atoms with E-state index in [9.17, 15) is 13.6 Å². The number of carbonyl (C=O) groups is 1. The normalized spacial score (nSPS) is 19.9. The lowest BCUT2D eigenvalue weighted by Crippen LogP contribution is -2.43. The summed E-state index contributed by atoms with van der Waals surface area (Å²) in [7, 11) is 0. The zero-order valence-corrected chi connectivity index (χ0v) is 13.0. The number of nitrogens with one attached hydrogen (secondary N) is 2. The van der Waals surface area contributed by atoms with Crippen LogP contribution in [0, 0.1) is 6.92 Å². The van der Waals surface area contributed by atoms with E-state index in [1.54, 1.807) is 0 Å². The van der Waals surface area contributed by atoms with Crippen molar-refractivity contribution in [1.82, 2.24) is 10.6 Å². The molecule has 1 aromatic carbocycles. The topological polar surface area (TPSA) is 44.4 Å². The first-order valence-electron chi connectivity index (χ1n) is 7.62. The molecule has 0 bridgehead atoms. The number of carbonyl (C=O) groups excluding carboxylic acids is 1. The number of rotatable bonds is 6. The summed E-state index contributed by atoms with van der Waals surface area (Å²) in [6, 6.07) is 7.35. The molecule has 4 nitrogen and oxygen atoms in total. The molecule has 1 aliphatic rings. The Labute approximate surface area is 129 Å². The van der Waals surface area contributed by atoms with E-state index in [1.807, 2.05) is 32.0 Å². The summed E-state index contributed by atoms with van der Waals surface area (Å²) in [5, 5.41) is 5.30. The van der Waals surface area contributed by atoms with E-state index in [4.69, 9.17) is 0 Å². The van der Waals surface area contributed by atoms with E-state index in [2.05, 4.69) is 21.6 Å². The van der Waals surface area contributed by atoms with E-state index in [-0.39, 0.29) is 5.91 Å². The Morgan fingerprint density at radius 2 is 2.27 bits per heavy atom. The average Bonchev–Trinajstić information content (AvgIpc) is 2.83. The van der Waals surface area contributed by atoms with Crippen LogP contribution in [0.1, 0.15) is 18.9 Å². The fourth-order valence-corrected chi connectivity index (χ4v) is 2.63. The fourth-order valence-electron chi connectivity index (χ4n) is 2.63. The third-order valence-electron chi connectivity index (χ3n) is 3.86. The summed E-state index contributed by atoms with van der Waals surface area (Å²) < 4.78 is 26.1. The molecular formula is C16H23F2N3O. The van der Waals surface area contributed by atoms with E-state index >= 15 is 0 Å². The third-order valence-corrected chi connectivity index (χ3v) is 3.86. The van der Waals surface area contributed by atoms with Gasteiger partial charge < -0.3 is 10.2 Å². The Hall–Kier alpha value is -1.69. The number of benzene rings is 1. The lowest BCUT2D eigenvalue weighted by Gasteiger charge is -2.24. The van der Waals surface area contributed by atoms with Crippen molar-refractivity contribution in [3.05, 3.63) is 29.8 Å². The molecule has 1 amide bonds. The van der Waals surface area contributed by atoms with Gasteiger partial charge in [0.05, 0.1) is 12.6 Å². The van der Waals surface area contributed by atoms with E-state index in [0.29, 0.717) is 13.1 Å². The molecule has 1 heterocycles. The van der Waals surface area contributed by atoms with Crippen LogP contribution in [-0.2, 0) is 4.79 Å². The molecule has 6 heteroatoms. The number of halogens is 2.